The van der Waals surface area contributed by atoms with Crippen molar-refractivity contribution in [1.29, 1.82) is 0 Å². The molecule has 0 fully saturated rings. The summed E-state index contributed by atoms with van der Waals surface area (Å²) in [5.41, 5.74) is 0. The highest BCUT2D eigenvalue weighted by molar-refractivity contribution is 7.90. The quantitative estimate of drug-likeness (QED) is 0.399. The van der Waals surface area contributed by atoms with E-state index < -0.39 is 26.0 Å². The van der Waals surface area contributed by atoms with E-state index in [0.29, 0.717) is 16.1 Å². The average Bonchev–Trinajstić information content (AvgIpc) is 2.00. The molecule has 10 nitrogen and oxygen atoms in total. The summed E-state index contributed by atoms with van der Waals surface area (Å²) in [6.45, 7) is 0. The standard InChI is InChI=1S/B2H6O10P2S/c1-9-13(3,4)11-15(7,8)12-14(5,6)10-2/h1-2H2,(H,3,4)(H,5,6). The van der Waals surface area contributed by atoms with Crippen LogP contribution in [0.25, 0.3) is 0 Å². The van der Waals surface area contributed by atoms with Crippen LogP contribution in [-0.4, -0.2) is 34.3 Å². The summed E-state index contributed by atoms with van der Waals surface area (Å²) in [5, 5.41) is 0. The zero-order valence-corrected chi connectivity index (χ0v) is 10.1. The van der Waals surface area contributed by atoms with Crippen molar-refractivity contribution in [3.05, 3.63) is 0 Å². The zero-order chi connectivity index (χ0) is 12.3. The van der Waals surface area contributed by atoms with Gasteiger partial charge in [-0.15, -0.1) is 7.94 Å². The Bertz CT molecular complexity index is 364. The molecule has 2 atom stereocenters. The molecule has 88 valence electrons. The van der Waals surface area contributed by atoms with Crippen molar-refractivity contribution in [2.75, 3.05) is 0 Å². The van der Waals surface area contributed by atoms with Crippen molar-refractivity contribution in [1.82, 2.24) is 0 Å². The molecule has 0 aliphatic rings. The Kier molecular flexibility index (Phi) is 5.19. The topological polar surface area (TPSA) is 146 Å². The second-order valence-electron chi connectivity index (χ2n) is 1.86. The first-order valence-electron chi connectivity index (χ1n) is 2.98. The lowest BCUT2D eigenvalue weighted by Gasteiger charge is -2.11. The number of phosphoric acid groups is 2. The summed E-state index contributed by atoms with van der Waals surface area (Å²) in [5.74, 6) is 0. The molecule has 0 heterocycles. The number of rotatable bonds is 6. The minimum atomic E-state index is -5.20. The third-order valence-corrected chi connectivity index (χ3v) is 4.72. The van der Waals surface area contributed by atoms with Crippen LogP contribution in [0, 0.1) is 0 Å². The maximum Gasteiger partial charge on any atom is 0.473 e. The lowest BCUT2D eigenvalue weighted by atomic mass is 10.6. The molecule has 0 aromatic rings. The minimum Gasteiger partial charge on any atom is -0.358 e. The van der Waals surface area contributed by atoms with Gasteiger partial charge in [0.25, 0.3) is 16.1 Å². The summed E-state index contributed by atoms with van der Waals surface area (Å²) in [6.07, 6.45) is 0. The van der Waals surface area contributed by atoms with Crippen molar-refractivity contribution < 1.29 is 44.2 Å². The van der Waals surface area contributed by atoms with Crippen molar-refractivity contribution in [2.45, 2.75) is 0 Å². The van der Waals surface area contributed by atoms with E-state index in [1.807, 2.05) is 0 Å². The summed E-state index contributed by atoms with van der Waals surface area (Å²) >= 11 is 0. The van der Waals surface area contributed by atoms with Gasteiger partial charge in [0.05, 0.1) is 0 Å². The van der Waals surface area contributed by atoms with Crippen molar-refractivity contribution in [2.24, 2.45) is 0 Å². The smallest absolute Gasteiger partial charge is 0.358 e. The molecule has 0 radical (unpaired) electrons. The fourth-order valence-corrected chi connectivity index (χ4v) is 2.99. The lowest BCUT2D eigenvalue weighted by Crippen LogP contribution is -2.08. The maximum atomic E-state index is 10.7. The average molecular weight is 282 g/mol. The highest BCUT2D eigenvalue weighted by Gasteiger charge is 2.35. The maximum absolute atomic E-state index is 10.7. The molecule has 2 N–H and O–H groups in total. The summed E-state index contributed by atoms with van der Waals surface area (Å²) in [4.78, 5) is 17.1. The van der Waals surface area contributed by atoms with E-state index in [0.717, 1.165) is 0 Å². The van der Waals surface area contributed by atoms with Gasteiger partial charge < -0.3 is 18.7 Å². The molecule has 0 aromatic carbocycles. The van der Waals surface area contributed by atoms with E-state index in [-0.39, 0.29) is 0 Å². The molecule has 0 saturated carbocycles. The first-order valence-corrected chi connectivity index (χ1v) is 7.30. The normalized spacial score (nSPS) is 20.4. The number of hydrogen-bond donors (Lipinski definition) is 2. The predicted molar refractivity (Wildman–Crippen MR) is 50.0 cm³/mol. The molecule has 15 heteroatoms. The van der Waals surface area contributed by atoms with E-state index in [9.17, 15) is 17.5 Å². The molecular weight excluding hydrogens is 276 g/mol. The summed E-state index contributed by atoms with van der Waals surface area (Å²) < 4.78 is 57.0. The Balaban J connectivity index is 4.75. The van der Waals surface area contributed by atoms with Crippen LogP contribution in [0.5, 0.6) is 0 Å². The zero-order valence-electron chi connectivity index (χ0n) is 7.46. The first kappa shape index (κ1) is 15.3. The molecule has 2 unspecified atom stereocenters. The Labute approximate surface area is 86.9 Å². The van der Waals surface area contributed by atoms with Crippen LogP contribution in [0.3, 0.4) is 0 Å². The van der Waals surface area contributed by atoms with Gasteiger partial charge in [-0.05, 0) is 0 Å². The summed E-state index contributed by atoms with van der Waals surface area (Å²) in [7, 11) is -13.6. The van der Waals surface area contributed by atoms with Gasteiger partial charge in [-0.2, -0.15) is 8.42 Å². The third kappa shape index (κ3) is 6.46. The van der Waals surface area contributed by atoms with Crippen LogP contribution in [0.2, 0.25) is 0 Å². The van der Waals surface area contributed by atoms with Crippen LogP contribution in [0.15, 0.2) is 0 Å². The van der Waals surface area contributed by atoms with Crippen molar-refractivity contribution in [3.63, 3.8) is 0 Å². The van der Waals surface area contributed by atoms with Gasteiger partial charge in [0, 0.05) is 0 Å². The Morgan fingerprint density at radius 2 is 1.20 bits per heavy atom. The van der Waals surface area contributed by atoms with E-state index in [4.69, 9.17) is 9.79 Å². The van der Waals surface area contributed by atoms with Gasteiger partial charge in [-0.3, -0.25) is 0 Å². The second kappa shape index (κ2) is 5.09. The summed E-state index contributed by atoms with van der Waals surface area (Å²) in [6, 6.07) is 0. The lowest BCUT2D eigenvalue weighted by molar-refractivity contribution is 0.258. The van der Waals surface area contributed by atoms with Crippen molar-refractivity contribution in [3.8, 4) is 0 Å². The first-order chi connectivity index (χ1) is 6.54. The van der Waals surface area contributed by atoms with Crippen LogP contribution >= 0.6 is 15.6 Å². The number of hydrogen-bond acceptors (Lipinski definition) is 8. The van der Waals surface area contributed by atoms with E-state index in [1.54, 1.807) is 0 Å². The van der Waals surface area contributed by atoms with Gasteiger partial charge >= 0.3 is 26.0 Å². The predicted octanol–water partition coefficient (Wildman–Crippen LogP) is -2.41. The van der Waals surface area contributed by atoms with E-state index in [1.165, 1.54) is 0 Å². The second-order valence-corrected chi connectivity index (χ2v) is 6.47. The van der Waals surface area contributed by atoms with Gasteiger partial charge in [0.15, 0.2) is 0 Å². The minimum absolute atomic E-state index is 0.686. The third-order valence-electron chi connectivity index (χ3n) is 0.832. The molecule has 0 amide bonds. The van der Waals surface area contributed by atoms with Crippen LogP contribution in [0.4, 0.5) is 0 Å². The van der Waals surface area contributed by atoms with Gasteiger partial charge in [-0.1, -0.05) is 0 Å². The van der Waals surface area contributed by atoms with Crippen LogP contribution < -0.4 is 0 Å². The van der Waals surface area contributed by atoms with Crippen molar-refractivity contribution >= 4 is 42.1 Å². The fraction of sp³-hybridized carbons (Fsp3) is 0. The Morgan fingerprint density at radius 3 is 1.40 bits per heavy atom. The van der Waals surface area contributed by atoms with Gasteiger partial charge in [0.1, 0.15) is 0 Å². The van der Waals surface area contributed by atoms with Crippen LogP contribution in [0.1, 0.15) is 0 Å². The molecule has 0 bridgehead atoms. The van der Waals surface area contributed by atoms with E-state index in [2.05, 4.69) is 16.8 Å². The monoisotopic (exact) mass is 282 g/mol. The SMILES string of the molecule is BOP(=O)(O)OS(=O)(=O)OP(=O)(O)OB. The Morgan fingerprint density at radius 1 is 0.933 bits per heavy atom. The molecule has 0 spiro atoms. The molecule has 0 aliphatic carbocycles. The van der Waals surface area contributed by atoms with Crippen LogP contribution in [-0.2, 0) is 36.4 Å². The molecule has 0 aromatic heterocycles. The molecule has 0 aliphatic heterocycles. The molecular formula is H6B2O10P2S. The highest BCUT2D eigenvalue weighted by atomic mass is 32.3. The molecule has 15 heavy (non-hydrogen) atoms. The highest BCUT2D eigenvalue weighted by Crippen LogP contribution is 2.49. The molecule has 0 saturated heterocycles. The largest absolute Gasteiger partial charge is 0.473 e. The molecule has 0 rings (SSSR count). The van der Waals surface area contributed by atoms with Gasteiger partial charge in [0.2, 0.25) is 0 Å². The van der Waals surface area contributed by atoms with E-state index >= 15 is 0 Å². The fourth-order valence-electron chi connectivity index (χ4n) is 0.305. The van der Waals surface area contributed by atoms with Gasteiger partial charge in [-0.25, -0.2) is 9.13 Å². The Hall–Kier alpha value is 0.300.